The van der Waals surface area contributed by atoms with E-state index in [4.69, 9.17) is 11.6 Å². The Bertz CT molecular complexity index is 1030. The van der Waals surface area contributed by atoms with E-state index in [-0.39, 0.29) is 11.4 Å². The molecule has 0 unspecified atom stereocenters. The van der Waals surface area contributed by atoms with E-state index in [1.54, 1.807) is 19.1 Å². The molecule has 5 nitrogen and oxygen atoms in total. The van der Waals surface area contributed by atoms with Crippen molar-refractivity contribution in [3.63, 3.8) is 0 Å². The number of nitrogens with one attached hydrogen (secondary N) is 2. The summed E-state index contributed by atoms with van der Waals surface area (Å²) in [5, 5.41) is 6.02. The lowest BCUT2D eigenvalue weighted by Crippen LogP contribution is -2.16. The van der Waals surface area contributed by atoms with Crippen LogP contribution in [0.4, 0.5) is 26.0 Å². The summed E-state index contributed by atoms with van der Waals surface area (Å²) in [5.41, 5.74) is 1.57. The average Bonchev–Trinajstić information content (AvgIpc) is 2.60. The van der Waals surface area contributed by atoms with E-state index in [0.29, 0.717) is 22.7 Å². The fraction of sp³-hybridized carbons (Fsp3) is 0.105. The van der Waals surface area contributed by atoms with Gasteiger partial charge in [-0.1, -0.05) is 17.7 Å². The molecule has 2 aromatic carbocycles. The van der Waals surface area contributed by atoms with E-state index >= 15 is 0 Å². The monoisotopic (exact) mass is 388 g/mol. The first-order valence-corrected chi connectivity index (χ1v) is 8.35. The van der Waals surface area contributed by atoms with Gasteiger partial charge in [0.2, 0.25) is 0 Å². The first-order valence-electron chi connectivity index (χ1n) is 7.97. The zero-order valence-electron chi connectivity index (χ0n) is 14.5. The molecule has 0 atom stereocenters. The number of amides is 1. The van der Waals surface area contributed by atoms with Gasteiger partial charge >= 0.3 is 0 Å². The maximum absolute atomic E-state index is 13.7. The van der Waals surface area contributed by atoms with Gasteiger partial charge in [-0.05, 0) is 43.7 Å². The van der Waals surface area contributed by atoms with Crippen molar-refractivity contribution in [2.45, 2.75) is 13.8 Å². The van der Waals surface area contributed by atoms with Crippen LogP contribution in [0.15, 0.2) is 42.5 Å². The summed E-state index contributed by atoms with van der Waals surface area (Å²) < 4.78 is 26.7. The number of anilines is 3. The third kappa shape index (κ3) is 4.57. The number of carbonyl (C=O) groups is 1. The maximum Gasteiger partial charge on any atom is 0.274 e. The third-order valence-corrected chi connectivity index (χ3v) is 3.95. The predicted octanol–water partition coefficient (Wildman–Crippen LogP) is 5.02. The summed E-state index contributed by atoms with van der Waals surface area (Å²) in [6, 6.07) is 9.68. The van der Waals surface area contributed by atoms with Gasteiger partial charge < -0.3 is 10.6 Å². The molecule has 27 heavy (non-hydrogen) atoms. The highest BCUT2D eigenvalue weighted by molar-refractivity contribution is 6.30. The highest BCUT2D eigenvalue weighted by Gasteiger charge is 2.14. The van der Waals surface area contributed by atoms with Gasteiger partial charge in [0.1, 0.15) is 29.0 Å². The summed E-state index contributed by atoms with van der Waals surface area (Å²) in [4.78, 5) is 20.7. The first kappa shape index (κ1) is 18.7. The van der Waals surface area contributed by atoms with E-state index in [1.165, 1.54) is 6.07 Å². The molecule has 8 heteroatoms. The minimum Gasteiger partial charge on any atom is -0.340 e. The molecule has 1 amide bonds. The van der Waals surface area contributed by atoms with Gasteiger partial charge in [-0.3, -0.25) is 4.79 Å². The number of nitrogens with zero attached hydrogens (tertiary/aromatic N) is 2. The van der Waals surface area contributed by atoms with E-state index in [1.807, 2.05) is 13.0 Å². The topological polar surface area (TPSA) is 66.9 Å². The molecule has 0 aliphatic rings. The summed E-state index contributed by atoms with van der Waals surface area (Å²) in [5.74, 6) is -1.51. The van der Waals surface area contributed by atoms with E-state index < -0.39 is 17.5 Å². The van der Waals surface area contributed by atoms with Crippen molar-refractivity contribution in [1.29, 1.82) is 0 Å². The molecule has 3 aromatic rings. The molecule has 3 rings (SSSR count). The fourth-order valence-electron chi connectivity index (χ4n) is 2.39. The van der Waals surface area contributed by atoms with Crippen LogP contribution in [0.5, 0.6) is 0 Å². The fourth-order valence-corrected chi connectivity index (χ4v) is 2.56. The van der Waals surface area contributed by atoms with Gasteiger partial charge in [-0.15, -0.1) is 0 Å². The molecule has 2 N–H and O–H groups in total. The molecule has 0 fully saturated rings. The molecule has 0 saturated heterocycles. The number of rotatable bonds is 4. The van der Waals surface area contributed by atoms with E-state index in [0.717, 1.165) is 23.4 Å². The third-order valence-electron chi connectivity index (χ3n) is 3.71. The largest absolute Gasteiger partial charge is 0.340 e. The van der Waals surface area contributed by atoms with Crippen molar-refractivity contribution in [2.75, 3.05) is 10.6 Å². The average molecular weight is 389 g/mol. The van der Waals surface area contributed by atoms with E-state index in [9.17, 15) is 13.6 Å². The van der Waals surface area contributed by atoms with Crippen LogP contribution in [0.1, 0.15) is 21.9 Å². The smallest absolute Gasteiger partial charge is 0.274 e. The highest BCUT2D eigenvalue weighted by atomic mass is 35.5. The van der Waals surface area contributed by atoms with Crippen LogP contribution in [-0.2, 0) is 0 Å². The molecule has 1 heterocycles. The molecule has 0 radical (unpaired) electrons. The summed E-state index contributed by atoms with van der Waals surface area (Å²) in [6.07, 6.45) is 0. The Labute approximate surface area is 159 Å². The molecular weight excluding hydrogens is 374 g/mol. The zero-order valence-corrected chi connectivity index (χ0v) is 15.2. The number of carbonyl (C=O) groups excluding carboxylic acids is 1. The van der Waals surface area contributed by atoms with Crippen LogP contribution in [0.25, 0.3) is 0 Å². The predicted molar refractivity (Wildman–Crippen MR) is 101 cm³/mol. The van der Waals surface area contributed by atoms with Gasteiger partial charge in [-0.2, -0.15) is 0 Å². The first-order chi connectivity index (χ1) is 12.8. The number of halogens is 3. The van der Waals surface area contributed by atoms with Crippen LogP contribution >= 0.6 is 11.6 Å². The van der Waals surface area contributed by atoms with Crippen LogP contribution in [0, 0.1) is 25.5 Å². The standard InChI is InChI=1S/C19H15ClF2N4O/c1-10-3-4-12(20)7-16(10)25-18-9-17(23-11(2)24-18)19(27)26-15-6-5-13(21)8-14(15)22/h3-9H,1-2H3,(H,26,27)(H,23,24,25). The minimum absolute atomic E-state index is 0.0356. The Kier molecular flexibility index (Phi) is 5.32. The van der Waals surface area contributed by atoms with Gasteiger partial charge in [0.15, 0.2) is 0 Å². The summed E-state index contributed by atoms with van der Waals surface area (Å²) in [6.45, 7) is 3.53. The van der Waals surface area contributed by atoms with Gasteiger partial charge in [0.25, 0.3) is 5.91 Å². The second-order valence-electron chi connectivity index (χ2n) is 5.85. The van der Waals surface area contributed by atoms with E-state index in [2.05, 4.69) is 20.6 Å². The SMILES string of the molecule is Cc1nc(Nc2cc(Cl)ccc2C)cc(C(=O)Nc2ccc(F)cc2F)n1. The zero-order chi connectivity index (χ0) is 19.6. The van der Waals surface area contributed by atoms with Crippen molar-refractivity contribution < 1.29 is 13.6 Å². The van der Waals surface area contributed by atoms with Gasteiger partial charge in [-0.25, -0.2) is 18.7 Å². The lowest BCUT2D eigenvalue weighted by Gasteiger charge is -2.11. The molecule has 1 aromatic heterocycles. The molecular formula is C19H15ClF2N4O. The van der Waals surface area contributed by atoms with Gasteiger partial charge in [0.05, 0.1) is 5.69 Å². The Morgan fingerprint density at radius 2 is 1.78 bits per heavy atom. The Morgan fingerprint density at radius 1 is 1.00 bits per heavy atom. The lowest BCUT2D eigenvalue weighted by atomic mass is 10.2. The maximum atomic E-state index is 13.7. The number of benzene rings is 2. The van der Waals surface area contributed by atoms with Crippen molar-refractivity contribution in [3.8, 4) is 0 Å². The quantitative estimate of drug-likeness (QED) is 0.658. The van der Waals surface area contributed by atoms with Crippen molar-refractivity contribution >= 4 is 34.7 Å². The lowest BCUT2D eigenvalue weighted by molar-refractivity contribution is 0.102. The highest BCUT2D eigenvalue weighted by Crippen LogP contribution is 2.24. The van der Waals surface area contributed by atoms with Crippen LogP contribution in [0.2, 0.25) is 5.02 Å². The summed E-state index contributed by atoms with van der Waals surface area (Å²) >= 11 is 6.01. The van der Waals surface area contributed by atoms with Crippen molar-refractivity contribution in [1.82, 2.24) is 9.97 Å². The molecule has 0 saturated carbocycles. The molecule has 0 spiro atoms. The molecule has 0 aliphatic heterocycles. The second kappa shape index (κ2) is 7.67. The Hall–Kier alpha value is -3.06. The second-order valence-corrected chi connectivity index (χ2v) is 6.28. The normalized spacial score (nSPS) is 10.6. The minimum atomic E-state index is -0.873. The van der Waals surface area contributed by atoms with Crippen molar-refractivity contribution in [3.05, 3.63) is 76.2 Å². The van der Waals surface area contributed by atoms with Crippen molar-refractivity contribution in [2.24, 2.45) is 0 Å². The van der Waals surface area contributed by atoms with Crippen LogP contribution in [0.3, 0.4) is 0 Å². The molecule has 138 valence electrons. The number of hydrogen-bond acceptors (Lipinski definition) is 4. The van der Waals surface area contributed by atoms with Gasteiger partial charge in [0, 0.05) is 22.8 Å². The number of aromatic nitrogens is 2. The molecule has 0 bridgehead atoms. The Morgan fingerprint density at radius 3 is 2.52 bits per heavy atom. The number of aryl methyl sites for hydroxylation is 2. The van der Waals surface area contributed by atoms with Crippen LogP contribution < -0.4 is 10.6 Å². The summed E-state index contributed by atoms with van der Waals surface area (Å²) in [7, 11) is 0. The Balaban J connectivity index is 1.86. The van der Waals surface area contributed by atoms with Crippen LogP contribution in [-0.4, -0.2) is 15.9 Å². The number of hydrogen-bond donors (Lipinski definition) is 2. The molecule has 0 aliphatic carbocycles.